The molecule has 0 saturated carbocycles. The number of nitrogens with zero attached hydrogens (tertiary/aromatic N) is 4. The molecule has 0 unspecified atom stereocenters. The van der Waals surface area contributed by atoms with Crippen LogP contribution in [0.3, 0.4) is 0 Å². The van der Waals surface area contributed by atoms with Crippen molar-refractivity contribution in [3.63, 3.8) is 0 Å². The monoisotopic (exact) mass is 870 g/mol. The van der Waals surface area contributed by atoms with E-state index < -0.39 is 0 Å². The van der Waals surface area contributed by atoms with E-state index in [-0.39, 0.29) is 0 Å². The van der Waals surface area contributed by atoms with Crippen molar-refractivity contribution in [1.82, 2.24) is 18.8 Å². The summed E-state index contributed by atoms with van der Waals surface area (Å²) in [6.45, 7) is 18.4. The molecule has 0 N–H and O–H groups in total. The fraction of sp³-hybridized carbons (Fsp3) is 0.194. The summed E-state index contributed by atoms with van der Waals surface area (Å²) >= 11 is 0. The Morgan fingerprint density at radius 1 is 0.373 bits per heavy atom. The first-order valence-electron chi connectivity index (χ1n) is 24.0. The molecule has 5 heteroatoms. The van der Waals surface area contributed by atoms with E-state index in [2.05, 4.69) is 222 Å². The third kappa shape index (κ3) is 6.35. The summed E-state index contributed by atoms with van der Waals surface area (Å²) in [5, 5.41) is 6.75. The second-order valence-electron chi connectivity index (χ2n) is 19.7. The highest BCUT2D eigenvalue weighted by Gasteiger charge is 2.23. The molecule has 12 aromatic rings. The first-order valence-corrected chi connectivity index (χ1v) is 24.0. The Morgan fingerprint density at radius 3 is 1.43 bits per heavy atom. The summed E-state index contributed by atoms with van der Waals surface area (Å²) in [6.07, 6.45) is 0. The molecule has 0 aliphatic carbocycles. The number of fused-ring (bicyclic) bond motifs is 16. The Bertz CT molecular complexity index is 3880. The molecular formula is C62H54N4O. The lowest BCUT2D eigenvalue weighted by Gasteiger charge is -2.22. The lowest BCUT2D eigenvalue weighted by Crippen LogP contribution is -2.02. The van der Waals surface area contributed by atoms with Gasteiger partial charge >= 0.3 is 0 Å². The van der Waals surface area contributed by atoms with Crippen molar-refractivity contribution in [2.24, 2.45) is 0 Å². The van der Waals surface area contributed by atoms with Gasteiger partial charge in [0.05, 0.1) is 33.1 Å². The molecule has 12 rings (SSSR count). The topological polar surface area (TPSA) is 43.8 Å². The molecule has 0 saturated heterocycles. The minimum Gasteiger partial charge on any atom is -0.457 e. The normalized spacial score (nSPS) is 12.4. The summed E-state index contributed by atoms with van der Waals surface area (Å²) in [6, 6.07) is 57.5. The number of rotatable bonds is 8. The molecule has 0 amide bonds. The maximum absolute atomic E-state index is 6.95. The lowest BCUT2D eigenvalue weighted by atomic mass is 9.84. The predicted molar refractivity (Wildman–Crippen MR) is 283 cm³/mol. The van der Waals surface area contributed by atoms with E-state index in [4.69, 9.17) is 14.7 Å². The van der Waals surface area contributed by atoms with Crippen molar-refractivity contribution in [3.05, 3.63) is 180 Å². The molecule has 0 fully saturated rings. The van der Waals surface area contributed by atoms with Gasteiger partial charge in [0.15, 0.2) is 0 Å². The van der Waals surface area contributed by atoms with E-state index in [0.29, 0.717) is 23.7 Å². The highest BCUT2D eigenvalue weighted by atomic mass is 16.5. The Hall–Kier alpha value is -7.50. The predicted octanol–water partition coefficient (Wildman–Crippen LogP) is 17.5. The highest BCUT2D eigenvalue weighted by molar-refractivity contribution is 6.18. The molecule has 0 aliphatic heterocycles. The molecule has 0 aliphatic rings. The molecule has 0 bridgehead atoms. The molecule has 328 valence electrons. The number of aromatic nitrogens is 4. The van der Waals surface area contributed by atoms with Gasteiger partial charge in [0.2, 0.25) is 0 Å². The summed E-state index contributed by atoms with van der Waals surface area (Å²) in [4.78, 5) is 10.6. The Kier molecular flexibility index (Phi) is 9.51. The first kappa shape index (κ1) is 41.0. The molecule has 8 aromatic carbocycles. The molecular weight excluding hydrogens is 817 g/mol. The van der Waals surface area contributed by atoms with Crippen molar-refractivity contribution < 1.29 is 4.74 Å². The average molecular weight is 871 g/mol. The second-order valence-corrected chi connectivity index (χ2v) is 19.7. The maximum Gasteiger partial charge on any atom is 0.146 e. The number of pyridine rings is 2. The van der Waals surface area contributed by atoms with Crippen molar-refractivity contribution in [1.29, 1.82) is 0 Å². The standard InChI is InChI=1S/C62H54N4O/c1-35(2)42-16-13-17-43(36(3)4)58(42)39-26-31-55-50(32-39)47-30-28-41(34-52(47)61-63-53-22-9-11-24-56(53)65(55)61)67-40-27-29-46-48-20-15-21-49(59-44(37(5)6)18-14-19-45(59)38(7)8)60(48)66-57-25-12-10-23-54(57)64-62(66)51(46)33-40/h9-38H,1-8H3. The van der Waals surface area contributed by atoms with Gasteiger partial charge < -0.3 is 4.74 Å². The van der Waals surface area contributed by atoms with E-state index >= 15 is 0 Å². The van der Waals surface area contributed by atoms with Gasteiger partial charge in [0.1, 0.15) is 22.8 Å². The number of imidazole rings is 2. The zero-order chi connectivity index (χ0) is 45.8. The van der Waals surface area contributed by atoms with Crippen LogP contribution in [0.4, 0.5) is 0 Å². The van der Waals surface area contributed by atoms with E-state index in [0.717, 1.165) is 71.9 Å². The average Bonchev–Trinajstić information content (AvgIpc) is 3.93. The van der Waals surface area contributed by atoms with Gasteiger partial charge in [0.25, 0.3) is 0 Å². The molecule has 67 heavy (non-hydrogen) atoms. The van der Waals surface area contributed by atoms with Gasteiger partial charge in [-0.05, 0) is 146 Å². The van der Waals surface area contributed by atoms with E-state index in [1.165, 1.54) is 60.8 Å². The zero-order valence-corrected chi connectivity index (χ0v) is 39.5. The van der Waals surface area contributed by atoms with Crippen molar-refractivity contribution in [2.45, 2.75) is 79.1 Å². The van der Waals surface area contributed by atoms with Crippen LogP contribution in [0.5, 0.6) is 11.5 Å². The summed E-state index contributed by atoms with van der Waals surface area (Å²) in [7, 11) is 0. The maximum atomic E-state index is 6.95. The number of ether oxygens (including phenoxy) is 1. The molecule has 4 aromatic heterocycles. The van der Waals surface area contributed by atoms with Gasteiger partial charge in [-0.15, -0.1) is 0 Å². The van der Waals surface area contributed by atoms with Gasteiger partial charge in [-0.25, -0.2) is 9.97 Å². The molecule has 5 nitrogen and oxygen atoms in total. The zero-order valence-electron chi connectivity index (χ0n) is 39.5. The molecule has 0 atom stereocenters. The van der Waals surface area contributed by atoms with Crippen LogP contribution in [0, 0.1) is 0 Å². The van der Waals surface area contributed by atoms with Crippen LogP contribution < -0.4 is 4.74 Å². The number of para-hydroxylation sites is 5. The lowest BCUT2D eigenvalue weighted by molar-refractivity contribution is 0.484. The van der Waals surface area contributed by atoms with E-state index in [1.54, 1.807) is 0 Å². The Balaban J connectivity index is 1.06. The summed E-state index contributed by atoms with van der Waals surface area (Å²) < 4.78 is 11.7. The largest absolute Gasteiger partial charge is 0.457 e. The molecule has 0 spiro atoms. The van der Waals surface area contributed by atoms with Crippen LogP contribution >= 0.6 is 0 Å². The second kappa shape index (κ2) is 15.6. The molecule has 0 radical (unpaired) electrons. The Labute approximate surface area is 391 Å². The smallest absolute Gasteiger partial charge is 0.146 e. The van der Waals surface area contributed by atoms with Gasteiger partial charge in [0, 0.05) is 27.1 Å². The van der Waals surface area contributed by atoms with Crippen molar-refractivity contribution >= 4 is 76.7 Å². The van der Waals surface area contributed by atoms with Crippen LogP contribution in [0.1, 0.15) is 101 Å². The summed E-state index contributed by atoms with van der Waals surface area (Å²) in [5.74, 6) is 3.01. The summed E-state index contributed by atoms with van der Waals surface area (Å²) in [5.41, 5.74) is 18.9. The van der Waals surface area contributed by atoms with Crippen LogP contribution in [0.25, 0.3) is 99.0 Å². The van der Waals surface area contributed by atoms with Gasteiger partial charge in [-0.3, -0.25) is 8.80 Å². The Morgan fingerprint density at radius 2 is 0.866 bits per heavy atom. The van der Waals surface area contributed by atoms with E-state index in [1.807, 2.05) is 0 Å². The van der Waals surface area contributed by atoms with Crippen LogP contribution in [0.15, 0.2) is 158 Å². The van der Waals surface area contributed by atoms with Crippen LogP contribution in [0.2, 0.25) is 0 Å². The quantitative estimate of drug-likeness (QED) is 0.143. The van der Waals surface area contributed by atoms with Crippen molar-refractivity contribution in [3.8, 4) is 33.8 Å². The van der Waals surface area contributed by atoms with Crippen LogP contribution in [-0.4, -0.2) is 18.8 Å². The number of hydrogen-bond acceptors (Lipinski definition) is 3. The third-order valence-corrected chi connectivity index (χ3v) is 14.2. The fourth-order valence-corrected chi connectivity index (χ4v) is 11.1. The number of benzene rings is 8. The fourth-order valence-electron chi connectivity index (χ4n) is 11.1. The highest BCUT2D eigenvalue weighted by Crippen LogP contribution is 2.45. The SMILES string of the molecule is CC(C)c1cccc(C(C)C)c1-c1ccc2c(c1)c1ccc(Oc3ccc4c(c3)c3nc5ccccc5n3c3c(-c5c(C(C)C)cccc5C(C)C)cccc43)cc1c1nc3ccccc3n21. The van der Waals surface area contributed by atoms with Crippen LogP contribution in [-0.2, 0) is 0 Å². The van der Waals surface area contributed by atoms with E-state index in [9.17, 15) is 0 Å². The minimum absolute atomic E-state index is 0.360. The molecule has 4 heterocycles. The minimum atomic E-state index is 0.360. The first-order chi connectivity index (χ1) is 32.5. The van der Waals surface area contributed by atoms with Gasteiger partial charge in [-0.1, -0.05) is 140 Å². The third-order valence-electron chi connectivity index (χ3n) is 14.2. The van der Waals surface area contributed by atoms with Crippen molar-refractivity contribution in [2.75, 3.05) is 0 Å². The number of hydrogen-bond donors (Lipinski definition) is 0. The van der Waals surface area contributed by atoms with Gasteiger partial charge in [-0.2, -0.15) is 0 Å².